The van der Waals surface area contributed by atoms with Gasteiger partial charge >= 0.3 is 0 Å². The zero-order valence-electron chi connectivity index (χ0n) is 21.6. The summed E-state index contributed by atoms with van der Waals surface area (Å²) in [6.07, 6.45) is 0. The summed E-state index contributed by atoms with van der Waals surface area (Å²) in [5.74, 6) is -0.595. The molecule has 0 saturated carbocycles. The topological polar surface area (TPSA) is 92.8 Å². The first-order chi connectivity index (χ1) is 17.5. The third-order valence-electron chi connectivity index (χ3n) is 6.46. The van der Waals surface area contributed by atoms with Crippen molar-refractivity contribution in [3.63, 3.8) is 0 Å². The van der Waals surface area contributed by atoms with E-state index in [0.29, 0.717) is 35.6 Å². The van der Waals surface area contributed by atoms with E-state index < -0.39 is 15.9 Å². The van der Waals surface area contributed by atoms with Crippen LogP contribution in [0.25, 0.3) is 0 Å². The van der Waals surface area contributed by atoms with Gasteiger partial charge in [0.15, 0.2) is 5.78 Å². The van der Waals surface area contributed by atoms with Crippen LogP contribution in [0, 0.1) is 6.92 Å². The highest BCUT2D eigenvalue weighted by Gasteiger charge is 2.27. The summed E-state index contributed by atoms with van der Waals surface area (Å²) >= 11 is 0. The summed E-state index contributed by atoms with van der Waals surface area (Å²) in [6, 6.07) is 18.8. The summed E-state index contributed by atoms with van der Waals surface area (Å²) < 4.78 is 32.8. The quantitative estimate of drug-likeness (QED) is 0.472. The van der Waals surface area contributed by atoms with Crippen LogP contribution in [0.2, 0.25) is 0 Å². The standard InChI is InChI=1S/C29H32N2O5S/c1-20-8-13-25(37(34,35)31-14-16-36-17-15-31)19-26(20)28(33)30-24-7-5-6-22(18-24)27(32)21-9-11-23(12-10-21)29(2,3)4/h5-13,18-19H,14-17H2,1-4H3,(H,30,33). The largest absolute Gasteiger partial charge is 0.379 e. The van der Waals surface area contributed by atoms with Gasteiger partial charge < -0.3 is 10.1 Å². The highest BCUT2D eigenvalue weighted by atomic mass is 32.2. The number of nitrogens with zero attached hydrogens (tertiary/aromatic N) is 1. The van der Waals surface area contributed by atoms with Gasteiger partial charge in [0.1, 0.15) is 0 Å². The molecule has 1 aliphatic heterocycles. The fraction of sp³-hybridized carbons (Fsp3) is 0.310. The predicted octanol–water partition coefficient (Wildman–Crippen LogP) is 4.80. The molecule has 0 radical (unpaired) electrons. The molecule has 3 aromatic rings. The summed E-state index contributed by atoms with van der Waals surface area (Å²) in [5.41, 5.74) is 3.48. The average molecular weight is 521 g/mol. The van der Waals surface area contributed by atoms with Crippen LogP contribution in [0.5, 0.6) is 0 Å². The molecule has 1 fully saturated rings. The Bertz CT molecular complexity index is 1420. The molecular weight excluding hydrogens is 488 g/mol. The normalized spacial score (nSPS) is 14.8. The van der Waals surface area contributed by atoms with Crippen molar-refractivity contribution in [3.05, 3.63) is 94.5 Å². The van der Waals surface area contributed by atoms with E-state index >= 15 is 0 Å². The highest BCUT2D eigenvalue weighted by molar-refractivity contribution is 7.89. The smallest absolute Gasteiger partial charge is 0.255 e. The lowest BCUT2D eigenvalue weighted by Crippen LogP contribution is -2.40. The lowest BCUT2D eigenvalue weighted by atomic mass is 9.86. The number of hydrogen-bond acceptors (Lipinski definition) is 5. The fourth-order valence-electron chi connectivity index (χ4n) is 4.17. The molecule has 0 bridgehead atoms. The van der Waals surface area contributed by atoms with E-state index in [1.807, 2.05) is 24.3 Å². The van der Waals surface area contributed by atoms with Crippen molar-refractivity contribution in [3.8, 4) is 0 Å². The number of carbonyl (C=O) groups is 2. The Balaban J connectivity index is 1.54. The van der Waals surface area contributed by atoms with E-state index in [2.05, 4.69) is 26.1 Å². The molecule has 0 aliphatic carbocycles. The van der Waals surface area contributed by atoms with Crippen LogP contribution in [0.3, 0.4) is 0 Å². The maximum atomic E-state index is 13.1. The van der Waals surface area contributed by atoms with Crippen molar-refractivity contribution < 1.29 is 22.7 Å². The molecule has 1 amide bonds. The zero-order chi connectivity index (χ0) is 26.8. The number of morpholine rings is 1. The number of rotatable bonds is 6. The molecule has 0 atom stereocenters. The number of ether oxygens (including phenoxy) is 1. The number of sulfonamides is 1. The van der Waals surface area contributed by atoms with Crippen molar-refractivity contribution in [1.29, 1.82) is 0 Å². The number of anilines is 1. The predicted molar refractivity (Wildman–Crippen MR) is 144 cm³/mol. The third-order valence-corrected chi connectivity index (χ3v) is 8.35. The van der Waals surface area contributed by atoms with E-state index in [1.54, 1.807) is 37.3 Å². The van der Waals surface area contributed by atoms with Gasteiger partial charge in [-0.05, 0) is 47.7 Å². The summed E-state index contributed by atoms with van der Waals surface area (Å²) in [4.78, 5) is 26.3. The van der Waals surface area contributed by atoms with E-state index in [1.165, 1.54) is 16.4 Å². The molecule has 37 heavy (non-hydrogen) atoms. The van der Waals surface area contributed by atoms with E-state index in [0.717, 1.165) is 5.56 Å². The molecule has 3 aromatic carbocycles. The second-order valence-corrected chi connectivity index (χ2v) is 12.1. The van der Waals surface area contributed by atoms with Crippen molar-refractivity contribution >= 4 is 27.4 Å². The van der Waals surface area contributed by atoms with Crippen molar-refractivity contribution in [2.24, 2.45) is 0 Å². The second kappa shape index (κ2) is 10.6. The van der Waals surface area contributed by atoms with Crippen LogP contribution < -0.4 is 5.32 Å². The van der Waals surface area contributed by atoms with Gasteiger partial charge in [0.05, 0.1) is 18.1 Å². The number of benzene rings is 3. The van der Waals surface area contributed by atoms with E-state index in [4.69, 9.17) is 4.74 Å². The number of nitrogens with one attached hydrogen (secondary N) is 1. The van der Waals surface area contributed by atoms with Gasteiger partial charge in [-0.25, -0.2) is 8.42 Å². The number of hydrogen-bond donors (Lipinski definition) is 1. The molecular formula is C29H32N2O5S. The number of amides is 1. The number of ketones is 1. The molecule has 1 N–H and O–H groups in total. The summed E-state index contributed by atoms with van der Waals surface area (Å²) in [6.45, 7) is 9.33. The van der Waals surface area contributed by atoms with Gasteiger partial charge in [-0.15, -0.1) is 0 Å². The number of aryl methyl sites for hydroxylation is 1. The Kier molecular flexibility index (Phi) is 7.64. The Labute approximate surface area is 218 Å². The average Bonchev–Trinajstić information content (AvgIpc) is 2.88. The lowest BCUT2D eigenvalue weighted by Gasteiger charge is -2.26. The minimum atomic E-state index is -3.74. The van der Waals surface area contributed by atoms with Crippen LogP contribution >= 0.6 is 0 Å². The maximum absolute atomic E-state index is 13.1. The van der Waals surface area contributed by atoms with Crippen LogP contribution in [0.15, 0.2) is 71.6 Å². The molecule has 4 rings (SSSR count). The van der Waals surface area contributed by atoms with Gasteiger partial charge in [0.25, 0.3) is 5.91 Å². The Hall–Kier alpha value is -3.33. The fourth-order valence-corrected chi connectivity index (χ4v) is 5.60. The Morgan fingerprint density at radius 3 is 2.22 bits per heavy atom. The molecule has 0 aromatic heterocycles. The van der Waals surface area contributed by atoms with Crippen molar-refractivity contribution in [2.75, 3.05) is 31.6 Å². The second-order valence-electron chi connectivity index (χ2n) is 10.2. The third kappa shape index (κ3) is 5.98. The molecule has 0 unspecified atom stereocenters. The summed E-state index contributed by atoms with van der Waals surface area (Å²) in [7, 11) is -3.74. The van der Waals surface area contributed by atoms with Gasteiger partial charge in [-0.3, -0.25) is 9.59 Å². The first-order valence-electron chi connectivity index (χ1n) is 12.2. The van der Waals surface area contributed by atoms with Gasteiger partial charge in [0, 0.05) is 35.5 Å². The molecule has 0 spiro atoms. The monoisotopic (exact) mass is 520 g/mol. The Morgan fingerprint density at radius 2 is 1.57 bits per heavy atom. The maximum Gasteiger partial charge on any atom is 0.255 e. The molecule has 1 aliphatic rings. The van der Waals surface area contributed by atoms with Crippen molar-refractivity contribution in [1.82, 2.24) is 4.31 Å². The molecule has 8 heteroatoms. The van der Waals surface area contributed by atoms with Crippen LogP contribution in [0.4, 0.5) is 5.69 Å². The van der Waals surface area contributed by atoms with E-state index in [-0.39, 0.29) is 34.7 Å². The number of carbonyl (C=O) groups excluding carboxylic acids is 2. The minimum Gasteiger partial charge on any atom is -0.379 e. The SMILES string of the molecule is Cc1ccc(S(=O)(=O)N2CCOCC2)cc1C(=O)Nc1cccc(C(=O)c2ccc(C(C)(C)C)cc2)c1. The minimum absolute atomic E-state index is 0.0112. The highest BCUT2D eigenvalue weighted by Crippen LogP contribution is 2.24. The lowest BCUT2D eigenvalue weighted by molar-refractivity contribution is 0.0730. The van der Waals surface area contributed by atoms with Gasteiger partial charge in [-0.1, -0.05) is 63.2 Å². The van der Waals surface area contributed by atoms with Crippen LogP contribution in [-0.2, 0) is 20.2 Å². The first kappa shape index (κ1) is 26.7. The van der Waals surface area contributed by atoms with Crippen LogP contribution in [-0.4, -0.2) is 50.7 Å². The zero-order valence-corrected chi connectivity index (χ0v) is 22.4. The van der Waals surface area contributed by atoms with Gasteiger partial charge in [-0.2, -0.15) is 4.31 Å². The van der Waals surface area contributed by atoms with Crippen LogP contribution in [0.1, 0.15) is 58.2 Å². The molecule has 194 valence electrons. The van der Waals surface area contributed by atoms with Crippen molar-refractivity contribution in [2.45, 2.75) is 38.0 Å². The first-order valence-corrected chi connectivity index (χ1v) is 13.7. The molecule has 1 saturated heterocycles. The molecule has 1 heterocycles. The van der Waals surface area contributed by atoms with Gasteiger partial charge in [0.2, 0.25) is 10.0 Å². The molecule has 7 nitrogen and oxygen atoms in total. The summed E-state index contributed by atoms with van der Waals surface area (Å²) in [5, 5.41) is 2.81. The van der Waals surface area contributed by atoms with E-state index in [9.17, 15) is 18.0 Å². The Morgan fingerprint density at radius 1 is 0.892 bits per heavy atom.